The van der Waals surface area contributed by atoms with Crippen LogP contribution in [-0.2, 0) is 9.53 Å². The summed E-state index contributed by atoms with van der Waals surface area (Å²) in [6.45, 7) is 4.92. The smallest absolute Gasteiger partial charge is 0.320 e. The summed E-state index contributed by atoms with van der Waals surface area (Å²) in [6, 6.07) is -0.0386. The number of hydrogen-bond donors (Lipinski definition) is 1. The van der Waals surface area contributed by atoms with Crippen molar-refractivity contribution < 1.29 is 19.4 Å². The number of amides is 2. The van der Waals surface area contributed by atoms with Crippen molar-refractivity contribution in [1.29, 1.82) is 0 Å². The Labute approximate surface area is 113 Å². The molecule has 6 heteroatoms. The van der Waals surface area contributed by atoms with Gasteiger partial charge in [0.2, 0.25) is 0 Å². The van der Waals surface area contributed by atoms with Crippen molar-refractivity contribution in [2.45, 2.75) is 32.3 Å². The Balaban J connectivity index is 1.96. The van der Waals surface area contributed by atoms with Crippen LogP contribution in [0.3, 0.4) is 0 Å². The summed E-state index contributed by atoms with van der Waals surface area (Å²) in [5, 5.41) is 9.06. The van der Waals surface area contributed by atoms with Gasteiger partial charge in [0.05, 0.1) is 12.0 Å². The lowest BCUT2D eigenvalue weighted by molar-refractivity contribution is -0.143. The normalized spacial score (nSPS) is 28.9. The summed E-state index contributed by atoms with van der Waals surface area (Å²) in [5.74, 6) is -1.22. The van der Waals surface area contributed by atoms with Crippen molar-refractivity contribution in [3.63, 3.8) is 0 Å². The van der Waals surface area contributed by atoms with Crippen molar-refractivity contribution in [3.8, 4) is 0 Å². The molecule has 0 radical (unpaired) electrons. The first-order valence-electron chi connectivity index (χ1n) is 6.96. The van der Waals surface area contributed by atoms with E-state index in [4.69, 9.17) is 9.84 Å². The largest absolute Gasteiger partial charge is 0.481 e. The molecule has 0 spiro atoms. The van der Waals surface area contributed by atoms with Crippen molar-refractivity contribution in [3.05, 3.63) is 0 Å². The number of carbonyl (C=O) groups is 2. The first-order valence-corrected chi connectivity index (χ1v) is 6.96. The van der Waals surface area contributed by atoms with Gasteiger partial charge in [-0.05, 0) is 26.2 Å². The van der Waals surface area contributed by atoms with E-state index < -0.39 is 11.9 Å². The van der Waals surface area contributed by atoms with Crippen LogP contribution in [0.2, 0.25) is 0 Å². The maximum Gasteiger partial charge on any atom is 0.320 e. The van der Waals surface area contributed by atoms with E-state index in [-0.39, 0.29) is 12.1 Å². The number of carbonyl (C=O) groups excluding carboxylic acids is 1. The highest BCUT2D eigenvalue weighted by atomic mass is 16.5. The molecular formula is C13H22N2O4. The number of ether oxygens (including phenoxy) is 1. The van der Waals surface area contributed by atoms with E-state index in [1.165, 1.54) is 0 Å². The number of carboxylic acids is 1. The van der Waals surface area contributed by atoms with Gasteiger partial charge >= 0.3 is 12.0 Å². The molecule has 0 aromatic heterocycles. The van der Waals surface area contributed by atoms with Crippen LogP contribution in [0.1, 0.15) is 26.2 Å². The molecule has 2 aliphatic rings. The Morgan fingerprint density at radius 3 is 2.58 bits per heavy atom. The van der Waals surface area contributed by atoms with E-state index in [0.717, 1.165) is 12.8 Å². The number of urea groups is 1. The predicted molar refractivity (Wildman–Crippen MR) is 68.9 cm³/mol. The van der Waals surface area contributed by atoms with E-state index >= 15 is 0 Å². The number of nitrogens with zero attached hydrogens (tertiary/aromatic N) is 2. The standard InChI is InChI=1S/C13H22N2O4/c1-10-8-14(6-3-7-19-10)13(18)15-5-2-4-11(9-15)12(16)17/h10-11H,2-9H2,1H3,(H,16,17)/t10?,11-/m0/s1. The van der Waals surface area contributed by atoms with Crippen LogP contribution in [0.5, 0.6) is 0 Å². The van der Waals surface area contributed by atoms with Gasteiger partial charge in [0, 0.05) is 32.8 Å². The molecular weight excluding hydrogens is 248 g/mol. The molecule has 6 nitrogen and oxygen atoms in total. The summed E-state index contributed by atoms with van der Waals surface area (Å²) in [4.78, 5) is 26.9. The maximum absolute atomic E-state index is 12.4. The number of carboxylic acid groups (broad SMARTS) is 1. The fourth-order valence-electron chi connectivity index (χ4n) is 2.72. The second-order valence-corrected chi connectivity index (χ2v) is 5.39. The third kappa shape index (κ3) is 3.59. The molecule has 0 aromatic rings. The first kappa shape index (κ1) is 14.1. The van der Waals surface area contributed by atoms with E-state index in [2.05, 4.69) is 0 Å². The molecule has 2 rings (SSSR count). The lowest BCUT2D eigenvalue weighted by Gasteiger charge is -2.35. The zero-order valence-electron chi connectivity index (χ0n) is 11.4. The molecule has 2 aliphatic heterocycles. The summed E-state index contributed by atoms with van der Waals surface area (Å²) < 4.78 is 5.52. The fourth-order valence-corrected chi connectivity index (χ4v) is 2.72. The monoisotopic (exact) mass is 270 g/mol. The molecule has 2 saturated heterocycles. The lowest BCUT2D eigenvalue weighted by Crippen LogP contribution is -2.50. The number of hydrogen-bond acceptors (Lipinski definition) is 3. The topological polar surface area (TPSA) is 70.1 Å². The van der Waals surface area contributed by atoms with Gasteiger partial charge in [-0.1, -0.05) is 0 Å². The summed E-state index contributed by atoms with van der Waals surface area (Å²) in [6.07, 6.45) is 2.32. The van der Waals surface area contributed by atoms with Crippen molar-refractivity contribution in [2.24, 2.45) is 5.92 Å². The van der Waals surface area contributed by atoms with Gasteiger partial charge in [-0.25, -0.2) is 4.79 Å². The van der Waals surface area contributed by atoms with E-state index in [1.807, 2.05) is 6.92 Å². The van der Waals surface area contributed by atoms with Crippen LogP contribution in [-0.4, -0.2) is 65.8 Å². The minimum atomic E-state index is -0.801. The molecule has 0 aromatic carbocycles. The van der Waals surface area contributed by atoms with Crippen molar-refractivity contribution in [1.82, 2.24) is 9.80 Å². The van der Waals surface area contributed by atoms with Gasteiger partial charge in [0.25, 0.3) is 0 Å². The SMILES string of the molecule is CC1CN(C(=O)N2CCC[C@H](C(=O)O)C2)CCCO1. The Kier molecular flexibility index (Phi) is 4.63. The van der Waals surface area contributed by atoms with Gasteiger partial charge in [-0.2, -0.15) is 0 Å². The Morgan fingerprint density at radius 1 is 1.16 bits per heavy atom. The van der Waals surface area contributed by atoms with Crippen LogP contribution in [0.15, 0.2) is 0 Å². The van der Waals surface area contributed by atoms with Crippen molar-refractivity contribution >= 4 is 12.0 Å². The fraction of sp³-hybridized carbons (Fsp3) is 0.846. The highest BCUT2D eigenvalue weighted by Gasteiger charge is 2.31. The Hall–Kier alpha value is -1.30. The van der Waals surface area contributed by atoms with Gasteiger partial charge in [0.15, 0.2) is 0 Å². The molecule has 2 heterocycles. The molecule has 0 saturated carbocycles. The molecule has 1 N–H and O–H groups in total. The van der Waals surface area contributed by atoms with Gasteiger partial charge in [0.1, 0.15) is 0 Å². The summed E-state index contributed by atoms with van der Waals surface area (Å²) in [5.41, 5.74) is 0. The second-order valence-electron chi connectivity index (χ2n) is 5.39. The first-order chi connectivity index (χ1) is 9.08. The number of piperidine rings is 1. The number of likely N-dealkylation sites (tertiary alicyclic amines) is 1. The molecule has 0 bridgehead atoms. The average molecular weight is 270 g/mol. The van der Waals surface area contributed by atoms with Crippen LogP contribution in [0.25, 0.3) is 0 Å². The number of rotatable bonds is 1. The van der Waals surface area contributed by atoms with Gasteiger partial charge in [-0.3, -0.25) is 4.79 Å². The van der Waals surface area contributed by atoms with Crippen LogP contribution in [0.4, 0.5) is 4.79 Å². The van der Waals surface area contributed by atoms with E-state index in [1.54, 1.807) is 9.80 Å². The minimum Gasteiger partial charge on any atom is -0.481 e. The Bertz CT molecular complexity index is 348. The van der Waals surface area contributed by atoms with Gasteiger partial charge in [-0.15, -0.1) is 0 Å². The highest BCUT2D eigenvalue weighted by molar-refractivity contribution is 5.76. The van der Waals surface area contributed by atoms with Gasteiger partial charge < -0.3 is 19.6 Å². The zero-order chi connectivity index (χ0) is 13.8. The maximum atomic E-state index is 12.4. The molecule has 2 amide bonds. The summed E-state index contributed by atoms with van der Waals surface area (Å²) >= 11 is 0. The Morgan fingerprint density at radius 2 is 1.84 bits per heavy atom. The quantitative estimate of drug-likeness (QED) is 0.772. The zero-order valence-corrected chi connectivity index (χ0v) is 11.4. The lowest BCUT2D eigenvalue weighted by atomic mass is 9.98. The van der Waals surface area contributed by atoms with Crippen LogP contribution < -0.4 is 0 Å². The molecule has 108 valence electrons. The number of aliphatic carboxylic acids is 1. The molecule has 2 atom stereocenters. The molecule has 2 fully saturated rings. The average Bonchev–Trinajstić information content (AvgIpc) is 2.62. The summed E-state index contributed by atoms with van der Waals surface area (Å²) in [7, 11) is 0. The molecule has 19 heavy (non-hydrogen) atoms. The van der Waals surface area contributed by atoms with Crippen LogP contribution >= 0.6 is 0 Å². The van der Waals surface area contributed by atoms with Crippen LogP contribution in [0, 0.1) is 5.92 Å². The highest BCUT2D eigenvalue weighted by Crippen LogP contribution is 2.19. The molecule has 1 unspecified atom stereocenters. The second kappa shape index (κ2) is 6.23. The third-order valence-electron chi connectivity index (χ3n) is 3.76. The van der Waals surface area contributed by atoms with Crippen molar-refractivity contribution in [2.75, 3.05) is 32.8 Å². The van der Waals surface area contributed by atoms with E-state index in [0.29, 0.717) is 39.2 Å². The third-order valence-corrected chi connectivity index (χ3v) is 3.76. The minimum absolute atomic E-state index is 0.0386. The molecule has 0 aliphatic carbocycles. The predicted octanol–water partition coefficient (Wildman–Crippen LogP) is 1.01. The van der Waals surface area contributed by atoms with E-state index in [9.17, 15) is 9.59 Å².